The van der Waals surface area contributed by atoms with Crippen molar-refractivity contribution in [2.75, 3.05) is 5.32 Å². The van der Waals surface area contributed by atoms with Crippen LogP contribution in [0.25, 0.3) is 11.3 Å². The van der Waals surface area contributed by atoms with Gasteiger partial charge in [-0.05, 0) is 58.2 Å². The number of amides is 1. The molecule has 176 valence electrons. The zero-order valence-corrected chi connectivity index (χ0v) is 19.9. The van der Waals surface area contributed by atoms with Gasteiger partial charge in [0.25, 0.3) is 5.91 Å². The summed E-state index contributed by atoms with van der Waals surface area (Å²) >= 11 is 0. The molecule has 3 atom stereocenters. The van der Waals surface area contributed by atoms with Gasteiger partial charge in [-0.3, -0.25) is 9.48 Å². The number of carbonyl (C=O) groups excluding carboxylic acids is 1. The maximum absolute atomic E-state index is 12.2. The lowest BCUT2D eigenvalue weighted by molar-refractivity contribution is 0.0948. The number of carbonyl (C=O) groups is 1. The monoisotopic (exact) mass is 458 g/mol. The van der Waals surface area contributed by atoms with Gasteiger partial charge in [-0.15, -0.1) is 0 Å². The quantitative estimate of drug-likeness (QED) is 0.515. The van der Waals surface area contributed by atoms with Crippen molar-refractivity contribution >= 4 is 17.5 Å². The zero-order chi connectivity index (χ0) is 24.2. The third-order valence-electron chi connectivity index (χ3n) is 5.99. The number of hydrogen-bond donors (Lipinski definition) is 3. The number of anilines is 2. The van der Waals surface area contributed by atoms with Gasteiger partial charge in [-0.25, -0.2) is 9.97 Å². The first-order valence-corrected chi connectivity index (χ1v) is 11.5. The van der Waals surface area contributed by atoms with E-state index >= 15 is 0 Å². The predicted molar refractivity (Wildman–Crippen MR) is 131 cm³/mol. The number of nitrogens with one attached hydrogen (secondary N) is 3. The molecule has 9 nitrogen and oxygen atoms in total. The first-order valence-electron chi connectivity index (χ1n) is 11.5. The van der Waals surface area contributed by atoms with E-state index in [0.717, 1.165) is 35.3 Å². The number of aromatic nitrogens is 4. The summed E-state index contributed by atoms with van der Waals surface area (Å²) in [6, 6.07) is 9.90. The van der Waals surface area contributed by atoms with Crippen LogP contribution in [0.3, 0.4) is 0 Å². The molecule has 1 saturated heterocycles. The van der Waals surface area contributed by atoms with Crippen molar-refractivity contribution in [1.82, 2.24) is 30.4 Å². The van der Waals surface area contributed by atoms with Gasteiger partial charge in [0.05, 0.1) is 29.7 Å². The molecule has 0 aliphatic carbocycles. The van der Waals surface area contributed by atoms with Gasteiger partial charge < -0.3 is 16.0 Å². The second-order valence-electron chi connectivity index (χ2n) is 9.05. The van der Waals surface area contributed by atoms with Crippen LogP contribution in [0.2, 0.25) is 0 Å². The van der Waals surface area contributed by atoms with Crippen LogP contribution in [0.15, 0.2) is 42.9 Å². The van der Waals surface area contributed by atoms with E-state index in [-0.39, 0.29) is 5.91 Å². The molecule has 1 aliphatic rings. The normalized spacial score (nSPS) is 20.9. The largest absolute Gasteiger partial charge is 0.337 e. The van der Waals surface area contributed by atoms with E-state index in [4.69, 9.17) is 10.2 Å². The van der Waals surface area contributed by atoms with Gasteiger partial charge >= 0.3 is 0 Å². The Morgan fingerprint density at radius 3 is 2.59 bits per heavy atom. The molecule has 3 N–H and O–H groups in total. The Kier molecular flexibility index (Phi) is 6.89. The number of aryl methyl sites for hydroxylation is 1. The molecular weight excluding hydrogens is 428 g/mol. The van der Waals surface area contributed by atoms with Crippen molar-refractivity contribution in [3.05, 3.63) is 54.0 Å². The van der Waals surface area contributed by atoms with E-state index in [0.29, 0.717) is 29.6 Å². The van der Waals surface area contributed by atoms with Crippen LogP contribution in [0.5, 0.6) is 0 Å². The molecule has 0 bridgehead atoms. The number of hydrogen-bond acceptors (Lipinski definition) is 7. The van der Waals surface area contributed by atoms with E-state index in [9.17, 15) is 4.79 Å². The molecule has 0 radical (unpaired) electrons. The SMILES string of the molecule is Cc1cnc(Nc2cnn(C3CC(C)NC(C)C3)c2)nc1-c1ccc(C(=O)N[C@@H](C)C#N)cc1. The molecule has 0 spiro atoms. The first kappa shape index (κ1) is 23.4. The molecular formula is C25H30N8O. The standard InChI is InChI=1S/C25H30N8O/c1-15-12-27-25(31-21-13-28-33(14-21)22-9-16(2)29-17(3)10-22)32-23(15)19-5-7-20(8-6-19)24(34)30-18(4)11-26/h5-8,12-14,16-18,22,29H,9-10H2,1-4H3,(H,30,34)(H,27,31,32)/t16?,17?,18-,22?/m0/s1. The van der Waals surface area contributed by atoms with Crippen molar-refractivity contribution in [1.29, 1.82) is 5.26 Å². The Hall–Kier alpha value is -3.77. The molecule has 34 heavy (non-hydrogen) atoms. The molecule has 9 heteroatoms. The molecule has 1 aromatic carbocycles. The van der Waals surface area contributed by atoms with Crippen molar-refractivity contribution in [2.45, 2.75) is 64.7 Å². The molecule has 4 rings (SSSR count). The van der Waals surface area contributed by atoms with Crippen molar-refractivity contribution in [2.24, 2.45) is 0 Å². The lowest BCUT2D eigenvalue weighted by Crippen LogP contribution is -2.43. The molecule has 3 aromatic rings. The maximum Gasteiger partial charge on any atom is 0.252 e. The highest BCUT2D eigenvalue weighted by Crippen LogP contribution is 2.27. The highest BCUT2D eigenvalue weighted by atomic mass is 16.1. The summed E-state index contributed by atoms with van der Waals surface area (Å²) in [5, 5.41) is 22.9. The van der Waals surface area contributed by atoms with E-state index in [1.54, 1.807) is 31.5 Å². The number of rotatable bonds is 6. The molecule has 2 aromatic heterocycles. The second-order valence-corrected chi connectivity index (χ2v) is 9.05. The first-order chi connectivity index (χ1) is 16.3. The van der Waals surface area contributed by atoms with E-state index < -0.39 is 6.04 Å². The Morgan fingerprint density at radius 2 is 1.91 bits per heavy atom. The topological polar surface area (TPSA) is 121 Å². The Balaban J connectivity index is 1.48. The van der Waals surface area contributed by atoms with Crippen LogP contribution < -0.4 is 16.0 Å². The van der Waals surface area contributed by atoms with Gasteiger partial charge in [0, 0.05) is 35.6 Å². The summed E-state index contributed by atoms with van der Waals surface area (Å²) in [4.78, 5) is 21.4. The van der Waals surface area contributed by atoms with Crippen LogP contribution in [0.4, 0.5) is 11.6 Å². The minimum Gasteiger partial charge on any atom is -0.337 e. The average molecular weight is 459 g/mol. The van der Waals surface area contributed by atoms with Crippen LogP contribution in [0, 0.1) is 18.3 Å². The predicted octanol–water partition coefficient (Wildman–Crippen LogP) is 3.74. The minimum absolute atomic E-state index is 0.281. The van der Waals surface area contributed by atoms with Gasteiger partial charge in [0.1, 0.15) is 6.04 Å². The van der Waals surface area contributed by atoms with Crippen molar-refractivity contribution < 1.29 is 4.79 Å². The van der Waals surface area contributed by atoms with E-state index in [1.165, 1.54) is 0 Å². The highest BCUT2D eigenvalue weighted by Gasteiger charge is 2.25. The lowest BCUT2D eigenvalue weighted by atomic mass is 9.95. The molecule has 1 aliphatic heterocycles. The smallest absolute Gasteiger partial charge is 0.252 e. The summed E-state index contributed by atoms with van der Waals surface area (Å²) < 4.78 is 2.03. The lowest BCUT2D eigenvalue weighted by Gasteiger charge is -2.32. The third-order valence-corrected chi connectivity index (χ3v) is 5.99. The number of benzene rings is 1. The van der Waals surface area contributed by atoms with Gasteiger partial charge in [0.2, 0.25) is 5.95 Å². The number of nitrogens with zero attached hydrogens (tertiary/aromatic N) is 5. The van der Waals surface area contributed by atoms with Gasteiger partial charge in [-0.2, -0.15) is 10.4 Å². The molecule has 2 unspecified atom stereocenters. The Labute approximate surface area is 199 Å². The fourth-order valence-electron chi connectivity index (χ4n) is 4.37. The Morgan fingerprint density at radius 1 is 1.21 bits per heavy atom. The molecule has 3 heterocycles. The van der Waals surface area contributed by atoms with Crippen LogP contribution in [-0.4, -0.2) is 43.8 Å². The summed E-state index contributed by atoms with van der Waals surface area (Å²) in [6.45, 7) is 8.01. The minimum atomic E-state index is -0.546. The van der Waals surface area contributed by atoms with Crippen LogP contribution >= 0.6 is 0 Å². The Bertz CT molecular complexity index is 1190. The summed E-state index contributed by atoms with van der Waals surface area (Å²) in [6.07, 6.45) is 7.67. The van der Waals surface area contributed by atoms with E-state index in [1.807, 2.05) is 36.0 Å². The van der Waals surface area contributed by atoms with Crippen LogP contribution in [0.1, 0.15) is 55.6 Å². The van der Waals surface area contributed by atoms with Gasteiger partial charge in [0.15, 0.2) is 0 Å². The van der Waals surface area contributed by atoms with Crippen molar-refractivity contribution in [3.63, 3.8) is 0 Å². The summed E-state index contributed by atoms with van der Waals surface area (Å²) in [7, 11) is 0. The fraction of sp³-hybridized carbons (Fsp3) is 0.400. The maximum atomic E-state index is 12.2. The molecule has 0 saturated carbocycles. The fourth-order valence-corrected chi connectivity index (χ4v) is 4.37. The molecule has 1 fully saturated rings. The van der Waals surface area contributed by atoms with E-state index in [2.05, 4.69) is 39.9 Å². The highest BCUT2D eigenvalue weighted by molar-refractivity contribution is 5.95. The second kappa shape index (κ2) is 10.0. The number of piperidine rings is 1. The summed E-state index contributed by atoms with van der Waals surface area (Å²) in [5.41, 5.74) is 3.91. The third kappa shape index (κ3) is 5.41. The van der Waals surface area contributed by atoms with Crippen molar-refractivity contribution in [3.8, 4) is 17.3 Å². The summed E-state index contributed by atoms with van der Waals surface area (Å²) in [5.74, 6) is 0.203. The number of nitriles is 1. The molecule has 1 amide bonds. The van der Waals surface area contributed by atoms with Gasteiger partial charge in [-0.1, -0.05) is 12.1 Å². The average Bonchev–Trinajstić information content (AvgIpc) is 3.28. The zero-order valence-electron chi connectivity index (χ0n) is 19.9. The van der Waals surface area contributed by atoms with Crippen LogP contribution in [-0.2, 0) is 0 Å².